The summed E-state index contributed by atoms with van der Waals surface area (Å²) >= 11 is 0. The number of carbonyl (C=O) groups excluding carboxylic acids is 1. The number of imidazole rings is 1. The molecule has 0 bridgehead atoms. The molecule has 0 radical (unpaired) electrons. The number of sulfonamides is 1. The topological polar surface area (TPSA) is 90.3 Å². The molecule has 1 heterocycles. The molecular formula is C14H17N3O4S. The molecule has 8 heteroatoms. The van der Waals surface area contributed by atoms with E-state index in [1.54, 1.807) is 31.5 Å². The Kier molecular flexibility index (Phi) is 4.51. The maximum Gasteiger partial charge on any atom is 0.338 e. The van der Waals surface area contributed by atoms with Gasteiger partial charge in [0.2, 0.25) is 0 Å². The first-order valence-corrected chi connectivity index (χ1v) is 8.10. The average molecular weight is 323 g/mol. The second-order valence-electron chi connectivity index (χ2n) is 4.73. The van der Waals surface area contributed by atoms with E-state index in [-0.39, 0.29) is 22.9 Å². The maximum atomic E-state index is 12.3. The lowest BCUT2D eigenvalue weighted by atomic mass is 10.1. The molecule has 0 saturated heterocycles. The van der Waals surface area contributed by atoms with Gasteiger partial charge in [0, 0.05) is 13.2 Å². The SMILES string of the molecule is CCOC(=O)c1cc(S(=O)(=O)Nc2cn(C)cn2)ccc1C. The van der Waals surface area contributed by atoms with Crippen LogP contribution in [-0.2, 0) is 21.8 Å². The van der Waals surface area contributed by atoms with Gasteiger partial charge in [-0.3, -0.25) is 4.72 Å². The molecule has 0 aliphatic heterocycles. The number of anilines is 1. The van der Waals surface area contributed by atoms with E-state index in [1.165, 1.54) is 24.7 Å². The highest BCUT2D eigenvalue weighted by atomic mass is 32.2. The third kappa shape index (κ3) is 3.45. The van der Waals surface area contributed by atoms with Crippen molar-refractivity contribution in [2.45, 2.75) is 18.7 Å². The number of ether oxygens (including phenoxy) is 1. The number of rotatable bonds is 5. The van der Waals surface area contributed by atoms with Crippen molar-refractivity contribution < 1.29 is 17.9 Å². The van der Waals surface area contributed by atoms with Gasteiger partial charge in [-0.05, 0) is 31.5 Å². The standard InChI is InChI=1S/C14H17N3O4S/c1-4-21-14(18)12-7-11(6-5-10(12)2)22(19,20)16-13-8-17(3)9-15-13/h5-9,16H,4H2,1-3H3. The third-order valence-corrected chi connectivity index (χ3v) is 4.31. The molecule has 0 saturated carbocycles. The molecule has 118 valence electrons. The number of aromatic nitrogens is 2. The first kappa shape index (κ1) is 16.0. The summed E-state index contributed by atoms with van der Waals surface area (Å²) in [7, 11) is -2.09. The number of hydrogen-bond donors (Lipinski definition) is 1. The molecule has 2 aromatic rings. The Balaban J connectivity index is 2.35. The van der Waals surface area contributed by atoms with E-state index >= 15 is 0 Å². The van der Waals surface area contributed by atoms with E-state index < -0.39 is 16.0 Å². The molecule has 0 amide bonds. The summed E-state index contributed by atoms with van der Waals surface area (Å²) in [6, 6.07) is 4.31. The van der Waals surface area contributed by atoms with Crippen molar-refractivity contribution in [1.82, 2.24) is 9.55 Å². The van der Waals surface area contributed by atoms with Crippen LogP contribution in [0.2, 0.25) is 0 Å². The number of benzene rings is 1. The summed E-state index contributed by atoms with van der Waals surface area (Å²) in [6.07, 6.45) is 3.02. The predicted molar refractivity (Wildman–Crippen MR) is 81.2 cm³/mol. The molecule has 0 aliphatic carbocycles. The molecular weight excluding hydrogens is 306 g/mol. The van der Waals surface area contributed by atoms with Gasteiger partial charge in [-0.2, -0.15) is 0 Å². The van der Waals surface area contributed by atoms with Crippen LogP contribution in [0.15, 0.2) is 35.6 Å². The molecule has 2 rings (SSSR count). The Morgan fingerprint density at radius 2 is 2.14 bits per heavy atom. The minimum absolute atomic E-state index is 0.0215. The normalized spacial score (nSPS) is 11.2. The lowest BCUT2D eigenvalue weighted by Crippen LogP contribution is -2.15. The molecule has 1 aromatic carbocycles. The smallest absolute Gasteiger partial charge is 0.338 e. The van der Waals surface area contributed by atoms with Crippen molar-refractivity contribution in [3.05, 3.63) is 41.9 Å². The molecule has 22 heavy (non-hydrogen) atoms. The van der Waals surface area contributed by atoms with Crippen LogP contribution in [0.1, 0.15) is 22.8 Å². The predicted octanol–water partition coefficient (Wildman–Crippen LogP) is 1.71. The average Bonchev–Trinajstić information content (AvgIpc) is 2.83. The highest BCUT2D eigenvalue weighted by molar-refractivity contribution is 7.92. The fourth-order valence-corrected chi connectivity index (χ4v) is 2.88. The lowest BCUT2D eigenvalue weighted by molar-refractivity contribution is 0.0525. The lowest BCUT2D eigenvalue weighted by Gasteiger charge is -2.09. The molecule has 0 aliphatic rings. The van der Waals surface area contributed by atoms with Crippen molar-refractivity contribution in [2.75, 3.05) is 11.3 Å². The highest BCUT2D eigenvalue weighted by Gasteiger charge is 2.19. The first-order chi connectivity index (χ1) is 10.3. The zero-order chi connectivity index (χ0) is 16.3. The monoisotopic (exact) mass is 323 g/mol. The van der Waals surface area contributed by atoms with Crippen molar-refractivity contribution in [1.29, 1.82) is 0 Å². The van der Waals surface area contributed by atoms with E-state index in [9.17, 15) is 13.2 Å². The van der Waals surface area contributed by atoms with Gasteiger partial charge in [0.1, 0.15) is 0 Å². The van der Waals surface area contributed by atoms with Crippen molar-refractivity contribution in [3.8, 4) is 0 Å². The molecule has 1 aromatic heterocycles. The van der Waals surface area contributed by atoms with Gasteiger partial charge in [0.15, 0.2) is 5.82 Å². The Morgan fingerprint density at radius 1 is 1.41 bits per heavy atom. The fraction of sp³-hybridized carbons (Fsp3) is 0.286. The van der Waals surface area contributed by atoms with E-state index in [2.05, 4.69) is 9.71 Å². The largest absolute Gasteiger partial charge is 0.462 e. The maximum absolute atomic E-state index is 12.3. The van der Waals surface area contributed by atoms with Crippen LogP contribution in [0, 0.1) is 6.92 Å². The third-order valence-electron chi connectivity index (χ3n) is 2.96. The Bertz CT molecular complexity index is 796. The number of carbonyl (C=O) groups is 1. The van der Waals surface area contributed by atoms with Gasteiger partial charge in [-0.1, -0.05) is 6.07 Å². The Morgan fingerprint density at radius 3 is 2.73 bits per heavy atom. The van der Waals surface area contributed by atoms with E-state index in [0.717, 1.165) is 0 Å². The number of nitrogens with zero attached hydrogens (tertiary/aromatic N) is 2. The second kappa shape index (κ2) is 6.18. The van der Waals surface area contributed by atoms with Crippen LogP contribution in [0.4, 0.5) is 5.82 Å². The summed E-state index contributed by atoms with van der Waals surface area (Å²) in [5.41, 5.74) is 0.876. The van der Waals surface area contributed by atoms with Crippen LogP contribution in [-0.4, -0.2) is 30.5 Å². The van der Waals surface area contributed by atoms with Crippen molar-refractivity contribution in [3.63, 3.8) is 0 Å². The minimum atomic E-state index is -3.82. The van der Waals surface area contributed by atoms with Gasteiger partial charge in [-0.15, -0.1) is 0 Å². The van der Waals surface area contributed by atoms with Gasteiger partial charge in [-0.25, -0.2) is 18.2 Å². The highest BCUT2D eigenvalue weighted by Crippen LogP contribution is 2.19. The van der Waals surface area contributed by atoms with Gasteiger partial charge < -0.3 is 9.30 Å². The van der Waals surface area contributed by atoms with E-state index in [4.69, 9.17) is 4.74 Å². The Hall–Kier alpha value is -2.35. The summed E-state index contributed by atoms with van der Waals surface area (Å²) in [4.78, 5) is 15.7. The number of hydrogen-bond acceptors (Lipinski definition) is 5. The van der Waals surface area contributed by atoms with Crippen LogP contribution in [0.25, 0.3) is 0 Å². The summed E-state index contributed by atoms with van der Waals surface area (Å²) in [6.45, 7) is 3.63. The molecule has 0 fully saturated rings. The van der Waals surface area contributed by atoms with Crippen molar-refractivity contribution in [2.24, 2.45) is 7.05 Å². The molecule has 0 unspecified atom stereocenters. The fourth-order valence-electron chi connectivity index (χ4n) is 1.86. The van der Waals surface area contributed by atoms with Crippen LogP contribution in [0.3, 0.4) is 0 Å². The molecule has 7 nitrogen and oxygen atoms in total. The van der Waals surface area contributed by atoms with Gasteiger partial charge in [0.25, 0.3) is 10.0 Å². The van der Waals surface area contributed by atoms with Crippen LogP contribution in [0.5, 0.6) is 0 Å². The summed E-state index contributed by atoms with van der Waals surface area (Å²) in [5.74, 6) is -0.337. The van der Waals surface area contributed by atoms with Crippen LogP contribution < -0.4 is 4.72 Å². The van der Waals surface area contributed by atoms with Crippen LogP contribution >= 0.6 is 0 Å². The molecule has 0 spiro atoms. The number of esters is 1. The molecule has 0 atom stereocenters. The second-order valence-corrected chi connectivity index (χ2v) is 6.41. The number of nitrogens with one attached hydrogen (secondary N) is 1. The Labute approximate surface area is 129 Å². The first-order valence-electron chi connectivity index (χ1n) is 6.62. The summed E-state index contributed by atoms with van der Waals surface area (Å²) < 4.78 is 33.6. The summed E-state index contributed by atoms with van der Waals surface area (Å²) in [5, 5.41) is 0. The zero-order valence-corrected chi connectivity index (χ0v) is 13.3. The zero-order valence-electron chi connectivity index (χ0n) is 12.5. The quantitative estimate of drug-likeness (QED) is 0.846. The molecule has 1 N–H and O–H groups in total. The van der Waals surface area contributed by atoms with Gasteiger partial charge >= 0.3 is 5.97 Å². The van der Waals surface area contributed by atoms with E-state index in [1.807, 2.05) is 0 Å². The minimum Gasteiger partial charge on any atom is -0.462 e. The van der Waals surface area contributed by atoms with E-state index in [0.29, 0.717) is 5.56 Å². The van der Waals surface area contributed by atoms with Gasteiger partial charge in [0.05, 0.1) is 23.4 Å². The number of aryl methyl sites for hydroxylation is 2. The van der Waals surface area contributed by atoms with Crippen molar-refractivity contribution >= 4 is 21.8 Å².